The van der Waals surface area contributed by atoms with Crippen LogP contribution >= 0.6 is 11.6 Å². The molecule has 5 rings (SSSR count). The molecule has 2 amide bonds. The third kappa shape index (κ3) is 13.8. The van der Waals surface area contributed by atoms with Crippen LogP contribution in [0.2, 0.25) is 5.02 Å². The van der Waals surface area contributed by atoms with Gasteiger partial charge in [-0.1, -0.05) is 57.6 Å². The van der Waals surface area contributed by atoms with E-state index in [4.69, 9.17) is 31.2 Å². The van der Waals surface area contributed by atoms with Gasteiger partial charge in [-0.15, -0.1) is 0 Å². The van der Waals surface area contributed by atoms with Crippen LogP contribution in [0.25, 0.3) is 5.82 Å². The highest BCUT2D eigenvalue weighted by atomic mass is 35.5. The highest BCUT2D eigenvalue weighted by Crippen LogP contribution is 2.27. The number of rotatable bonds is 15. The number of anilines is 1. The lowest BCUT2D eigenvalue weighted by molar-refractivity contribution is -0.436. The number of nitrogens with one attached hydrogen (secondary N) is 3. The average Bonchev–Trinajstić information content (AvgIpc) is 3.63. The molecule has 0 bridgehead atoms. The fourth-order valence-corrected chi connectivity index (χ4v) is 6.50. The van der Waals surface area contributed by atoms with E-state index >= 15 is 0 Å². The fraction of sp³-hybridized carbons (Fsp3) is 0.595. The molecule has 1 aromatic carbocycles. The number of hydrogen-bond acceptors (Lipinski definition) is 10. The van der Waals surface area contributed by atoms with Crippen LogP contribution in [0.15, 0.2) is 36.9 Å². The minimum absolute atomic E-state index is 0.0646. The number of aliphatic hydroxyl groups is 1. The van der Waals surface area contributed by atoms with Gasteiger partial charge in [0.15, 0.2) is 5.79 Å². The molecule has 2 aliphatic rings. The van der Waals surface area contributed by atoms with Gasteiger partial charge in [0.1, 0.15) is 23.7 Å². The number of nitrogens with zero attached hydrogens (tertiary/aromatic N) is 4. The molecule has 0 radical (unpaired) electrons. The molecule has 1 aliphatic carbocycles. The molecule has 2 aromatic heterocycles. The van der Waals surface area contributed by atoms with Gasteiger partial charge in [0, 0.05) is 55.2 Å². The van der Waals surface area contributed by atoms with Crippen molar-refractivity contribution in [2.45, 2.75) is 116 Å². The van der Waals surface area contributed by atoms with Crippen molar-refractivity contribution in [3.05, 3.63) is 64.6 Å². The molecule has 5 N–H and O–H groups in total. The van der Waals surface area contributed by atoms with E-state index < -0.39 is 29.6 Å². The molecule has 292 valence electrons. The number of carboxylic acid groups (broad SMARTS) is 1. The quantitative estimate of drug-likeness (QED) is 0.0618. The average molecular weight is 762 g/mol. The normalized spacial score (nSPS) is 17.0. The van der Waals surface area contributed by atoms with Crippen molar-refractivity contribution < 1.29 is 38.7 Å². The first-order valence-corrected chi connectivity index (χ1v) is 18.8. The number of ether oxygens (including phenoxy) is 1. The Morgan fingerprint density at radius 3 is 2.49 bits per heavy atom. The van der Waals surface area contributed by atoms with Gasteiger partial charge in [-0.05, 0) is 69.2 Å². The van der Waals surface area contributed by atoms with Gasteiger partial charge in [-0.3, -0.25) is 9.36 Å². The Bertz CT molecular complexity index is 1590. The van der Waals surface area contributed by atoms with Gasteiger partial charge in [-0.2, -0.15) is 4.98 Å². The molecule has 2 unspecified atom stereocenters. The number of hydrogen-bond donors (Lipinski definition) is 5. The molecular weight excluding hydrogens is 709 g/mol. The Hall–Kier alpha value is -3.89. The summed E-state index contributed by atoms with van der Waals surface area (Å²) < 4.78 is 20.9. The van der Waals surface area contributed by atoms with Gasteiger partial charge < -0.3 is 30.9 Å². The van der Waals surface area contributed by atoms with Crippen molar-refractivity contribution in [1.29, 1.82) is 0 Å². The minimum Gasteiger partial charge on any atom is -0.465 e. The molecular formula is C37H53ClFN7O7. The Morgan fingerprint density at radius 2 is 1.83 bits per heavy atom. The molecule has 1 aliphatic heterocycles. The summed E-state index contributed by atoms with van der Waals surface area (Å²) in [5.74, 6) is -0.829. The van der Waals surface area contributed by atoms with Crippen LogP contribution in [0, 0.1) is 18.7 Å². The van der Waals surface area contributed by atoms with Crippen LogP contribution in [0.3, 0.4) is 0 Å². The lowest BCUT2D eigenvalue weighted by Crippen LogP contribution is -2.37. The van der Waals surface area contributed by atoms with E-state index in [0.29, 0.717) is 42.9 Å². The molecule has 3 heterocycles. The smallest absolute Gasteiger partial charge is 0.404 e. The molecule has 53 heavy (non-hydrogen) atoms. The molecule has 3 aromatic rings. The minimum atomic E-state index is -1.29. The molecule has 1 saturated carbocycles. The summed E-state index contributed by atoms with van der Waals surface area (Å²) in [4.78, 5) is 47.7. The summed E-state index contributed by atoms with van der Waals surface area (Å²) in [6.45, 7) is 9.00. The number of imidazole rings is 1. The monoisotopic (exact) mass is 761 g/mol. The van der Waals surface area contributed by atoms with Crippen molar-refractivity contribution in [2.75, 3.05) is 25.1 Å². The van der Waals surface area contributed by atoms with Gasteiger partial charge in [0.25, 0.3) is 5.91 Å². The predicted molar refractivity (Wildman–Crippen MR) is 197 cm³/mol. The SMILES string of the molecule is CCC(CC)CC(C)(O)OOC1CCCCC1.Cc1cnc(NC2CCOCC2)nc1-n1cnc(C(=O)NC(CNC(=O)O)c2cc(F)cc(Cl)c2)c1. The number of amides is 2. The third-order valence-electron chi connectivity index (χ3n) is 9.35. The summed E-state index contributed by atoms with van der Waals surface area (Å²) in [6, 6.07) is 3.07. The van der Waals surface area contributed by atoms with Crippen LogP contribution in [0.1, 0.15) is 113 Å². The zero-order valence-electron chi connectivity index (χ0n) is 30.9. The van der Waals surface area contributed by atoms with Gasteiger partial charge in [0.05, 0.1) is 12.1 Å². The first kappa shape index (κ1) is 41.9. The van der Waals surface area contributed by atoms with E-state index in [2.05, 4.69) is 44.7 Å². The Kier molecular flexibility index (Phi) is 16.2. The van der Waals surface area contributed by atoms with E-state index in [1.165, 1.54) is 43.9 Å². The largest absolute Gasteiger partial charge is 0.465 e. The fourth-order valence-electron chi connectivity index (χ4n) is 6.27. The lowest BCUT2D eigenvalue weighted by Gasteiger charge is -2.29. The summed E-state index contributed by atoms with van der Waals surface area (Å²) >= 11 is 5.94. The number of aromatic nitrogens is 4. The Balaban J connectivity index is 0.000000310. The first-order chi connectivity index (χ1) is 25.3. The van der Waals surface area contributed by atoms with Gasteiger partial charge >= 0.3 is 6.09 Å². The summed E-state index contributed by atoms with van der Waals surface area (Å²) in [6.07, 6.45) is 13.9. The number of aryl methyl sites for hydroxylation is 1. The van der Waals surface area contributed by atoms with E-state index in [-0.39, 0.29) is 29.4 Å². The Morgan fingerprint density at radius 1 is 1.11 bits per heavy atom. The van der Waals surface area contributed by atoms with E-state index in [1.807, 2.05) is 6.92 Å². The maximum Gasteiger partial charge on any atom is 0.404 e. The van der Waals surface area contributed by atoms with Gasteiger partial charge in [0.2, 0.25) is 5.95 Å². The molecule has 14 nitrogen and oxygen atoms in total. The highest BCUT2D eigenvalue weighted by Gasteiger charge is 2.28. The molecule has 2 atom stereocenters. The van der Waals surface area contributed by atoms with Crippen molar-refractivity contribution >= 4 is 29.5 Å². The van der Waals surface area contributed by atoms with Crippen LogP contribution in [-0.4, -0.2) is 79.4 Å². The standard InChI is InChI=1S/C23H25ClFN7O4.C14H28O3/c1-13-9-26-22(29-17-2-4-36-5-3-17)31-20(13)32-11-19(28-12-32)21(33)30-18(10-27-23(34)35)14-6-15(24)8-16(25)7-14;1-4-12(5-2)11-14(3,15)17-16-13-9-7-6-8-10-13/h6-9,11-12,17-18,27H,2-5,10H2,1H3,(H,30,33)(H,34,35)(H,26,29,31);12-13,15H,4-11H2,1-3H3. The second kappa shape index (κ2) is 20.5. The van der Waals surface area contributed by atoms with E-state index in [1.54, 1.807) is 17.7 Å². The van der Waals surface area contributed by atoms with Crippen LogP contribution < -0.4 is 16.0 Å². The van der Waals surface area contributed by atoms with Crippen molar-refractivity contribution in [3.8, 4) is 5.82 Å². The number of carbonyl (C=O) groups excluding carboxylic acids is 1. The number of benzene rings is 1. The second-order valence-electron chi connectivity index (χ2n) is 13.8. The van der Waals surface area contributed by atoms with Crippen molar-refractivity contribution in [3.63, 3.8) is 0 Å². The van der Waals surface area contributed by atoms with E-state index in [0.717, 1.165) is 50.2 Å². The summed E-state index contributed by atoms with van der Waals surface area (Å²) in [7, 11) is 0. The van der Waals surface area contributed by atoms with Crippen LogP contribution in [-0.2, 0) is 14.5 Å². The zero-order valence-corrected chi connectivity index (χ0v) is 31.7. The Labute approximate surface area is 315 Å². The maximum atomic E-state index is 13.9. The third-order valence-corrected chi connectivity index (χ3v) is 9.57. The maximum absolute atomic E-state index is 13.9. The second-order valence-corrected chi connectivity index (χ2v) is 14.2. The van der Waals surface area contributed by atoms with Crippen LogP contribution in [0.4, 0.5) is 15.1 Å². The molecule has 2 fully saturated rings. The van der Waals surface area contributed by atoms with Gasteiger partial charge in [-0.25, -0.2) is 28.9 Å². The summed E-state index contributed by atoms with van der Waals surface area (Å²) in [5, 5.41) is 27.4. The summed E-state index contributed by atoms with van der Waals surface area (Å²) in [5.41, 5.74) is 1.14. The number of halogens is 2. The van der Waals surface area contributed by atoms with Crippen LogP contribution in [0.5, 0.6) is 0 Å². The first-order valence-electron chi connectivity index (χ1n) is 18.4. The lowest BCUT2D eigenvalue weighted by atomic mass is 9.95. The molecule has 0 spiro atoms. The number of carbonyl (C=O) groups is 2. The highest BCUT2D eigenvalue weighted by molar-refractivity contribution is 6.30. The molecule has 16 heteroatoms. The van der Waals surface area contributed by atoms with Crippen molar-refractivity contribution in [1.82, 2.24) is 30.2 Å². The van der Waals surface area contributed by atoms with E-state index in [9.17, 15) is 19.1 Å². The predicted octanol–water partition coefficient (Wildman–Crippen LogP) is 6.89. The molecule has 1 saturated heterocycles. The zero-order chi connectivity index (χ0) is 38.4. The topological polar surface area (TPSA) is 182 Å². The van der Waals surface area contributed by atoms with Crippen molar-refractivity contribution in [2.24, 2.45) is 5.92 Å².